The number of halogens is 1. The van der Waals surface area contributed by atoms with Crippen LogP contribution in [0.2, 0.25) is 4.34 Å². The Balaban J connectivity index is 1.60. The second-order valence-electron chi connectivity index (χ2n) is 5.07. The minimum Gasteiger partial charge on any atom is -0.309 e. The number of nitrogens with zero attached hydrogens (tertiary/aromatic N) is 1. The van der Waals surface area contributed by atoms with E-state index < -0.39 is 0 Å². The van der Waals surface area contributed by atoms with E-state index in [0.29, 0.717) is 6.04 Å². The average molecular weight is 287 g/mol. The minimum absolute atomic E-state index is 0.420. The van der Waals surface area contributed by atoms with Gasteiger partial charge in [0.2, 0.25) is 0 Å². The maximum Gasteiger partial charge on any atom is 0.0931 e. The van der Waals surface area contributed by atoms with Gasteiger partial charge in [-0.05, 0) is 64.5 Å². The molecule has 1 unspecified atom stereocenters. The van der Waals surface area contributed by atoms with Crippen LogP contribution in [0.25, 0.3) is 0 Å². The molecule has 1 N–H and O–H groups in total. The van der Waals surface area contributed by atoms with Gasteiger partial charge < -0.3 is 10.2 Å². The third kappa shape index (κ3) is 4.54. The van der Waals surface area contributed by atoms with Gasteiger partial charge >= 0.3 is 0 Å². The highest BCUT2D eigenvalue weighted by molar-refractivity contribution is 7.16. The molecule has 18 heavy (non-hydrogen) atoms. The molecule has 4 heteroatoms. The molecule has 2 nitrogen and oxygen atoms in total. The molecule has 0 radical (unpaired) electrons. The van der Waals surface area contributed by atoms with Crippen molar-refractivity contribution in [3.05, 3.63) is 21.3 Å². The SMILES string of the molecule is CC(NCCCN1CCCCC1)c1ccc(Cl)s1. The Morgan fingerprint density at radius 1 is 1.33 bits per heavy atom. The second-order valence-corrected chi connectivity index (χ2v) is 6.82. The van der Waals surface area contributed by atoms with Crippen LogP contribution in [0.4, 0.5) is 0 Å². The number of thiophene rings is 1. The molecule has 1 aromatic rings. The molecule has 0 spiro atoms. The monoisotopic (exact) mass is 286 g/mol. The quantitative estimate of drug-likeness (QED) is 0.797. The van der Waals surface area contributed by atoms with Gasteiger partial charge in [-0.3, -0.25) is 0 Å². The Kier molecular flexibility index (Phi) is 5.96. The lowest BCUT2D eigenvalue weighted by Gasteiger charge is -2.26. The van der Waals surface area contributed by atoms with E-state index in [9.17, 15) is 0 Å². The highest BCUT2D eigenvalue weighted by Crippen LogP contribution is 2.26. The predicted octanol–water partition coefficient (Wildman–Crippen LogP) is 3.93. The number of likely N-dealkylation sites (tertiary alicyclic amines) is 1. The standard InChI is InChI=1S/C14H23ClN2S/c1-12(13-6-7-14(15)18-13)16-8-5-11-17-9-3-2-4-10-17/h6-7,12,16H,2-5,8-11H2,1H3. The lowest BCUT2D eigenvalue weighted by Crippen LogP contribution is -2.32. The largest absolute Gasteiger partial charge is 0.309 e. The Labute approximate surface area is 119 Å². The highest BCUT2D eigenvalue weighted by Gasteiger charge is 2.10. The molecule has 1 atom stereocenters. The molecule has 2 heterocycles. The molecule has 1 aliphatic heterocycles. The van der Waals surface area contributed by atoms with Crippen LogP contribution in [0.1, 0.15) is 43.5 Å². The summed E-state index contributed by atoms with van der Waals surface area (Å²) in [5.41, 5.74) is 0. The van der Waals surface area contributed by atoms with Gasteiger partial charge in [0.1, 0.15) is 0 Å². The molecule has 0 aliphatic carbocycles. The number of nitrogens with one attached hydrogen (secondary N) is 1. The molecule has 1 aromatic heterocycles. The van der Waals surface area contributed by atoms with E-state index in [-0.39, 0.29) is 0 Å². The molecular weight excluding hydrogens is 264 g/mol. The molecule has 1 saturated heterocycles. The Morgan fingerprint density at radius 3 is 2.78 bits per heavy atom. The number of piperidine rings is 1. The fraction of sp³-hybridized carbons (Fsp3) is 0.714. The van der Waals surface area contributed by atoms with Crippen molar-refractivity contribution in [1.29, 1.82) is 0 Å². The van der Waals surface area contributed by atoms with Crippen LogP contribution in [0.3, 0.4) is 0 Å². The van der Waals surface area contributed by atoms with E-state index in [2.05, 4.69) is 23.2 Å². The zero-order valence-corrected chi connectivity index (χ0v) is 12.7. The first-order valence-electron chi connectivity index (χ1n) is 6.96. The predicted molar refractivity (Wildman–Crippen MR) is 80.7 cm³/mol. The first kappa shape index (κ1) is 14.3. The van der Waals surface area contributed by atoms with Crippen LogP contribution in [0, 0.1) is 0 Å². The van der Waals surface area contributed by atoms with Crippen molar-refractivity contribution in [2.75, 3.05) is 26.2 Å². The summed E-state index contributed by atoms with van der Waals surface area (Å²) >= 11 is 7.63. The smallest absolute Gasteiger partial charge is 0.0931 e. The fourth-order valence-electron chi connectivity index (χ4n) is 2.47. The van der Waals surface area contributed by atoms with Gasteiger partial charge in [-0.25, -0.2) is 0 Å². The minimum atomic E-state index is 0.420. The molecule has 2 rings (SSSR count). The van der Waals surface area contributed by atoms with E-state index in [1.807, 2.05) is 6.07 Å². The van der Waals surface area contributed by atoms with Crippen LogP contribution in [0.15, 0.2) is 12.1 Å². The van der Waals surface area contributed by atoms with Gasteiger partial charge in [0.25, 0.3) is 0 Å². The number of hydrogen-bond donors (Lipinski definition) is 1. The van der Waals surface area contributed by atoms with Crippen LogP contribution < -0.4 is 5.32 Å². The maximum absolute atomic E-state index is 5.95. The van der Waals surface area contributed by atoms with Crippen molar-refractivity contribution < 1.29 is 0 Å². The number of hydrogen-bond acceptors (Lipinski definition) is 3. The van der Waals surface area contributed by atoms with Crippen LogP contribution >= 0.6 is 22.9 Å². The van der Waals surface area contributed by atoms with Gasteiger partial charge in [0, 0.05) is 10.9 Å². The maximum atomic E-state index is 5.95. The van der Waals surface area contributed by atoms with E-state index in [1.54, 1.807) is 11.3 Å². The summed E-state index contributed by atoms with van der Waals surface area (Å²) in [6, 6.07) is 4.52. The zero-order chi connectivity index (χ0) is 12.8. The summed E-state index contributed by atoms with van der Waals surface area (Å²) in [7, 11) is 0. The van der Waals surface area contributed by atoms with Crippen molar-refractivity contribution in [2.45, 2.75) is 38.6 Å². The van der Waals surface area contributed by atoms with Crippen molar-refractivity contribution in [3.8, 4) is 0 Å². The van der Waals surface area contributed by atoms with Gasteiger partial charge in [0.05, 0.1) is 4.34 Å². The van der Waals surface area contributed by atoms with Crippen molar-refractivity contribution in [2.24, 2.45) is 0 Å². The van der Waals surface area contributed by atoms with E-state index in [1.165, 1.54) is 50.2 Å². The molecule has 0 saturated carbocycles. The van der Waals surface area contributed by atoms with Gasteiger partial charge in [0.15, 0.2) is 0 Å². The van der Waals surface area contributed by atoms with Crippen molar-refractivity contribution in [3.63, 3.8) is 0 Å². The fourth-order valence-corrected chi connectivity index (χ4v) is 3.55. The molecule has 102 valence electrons. The van der Waals surface area contributed by atoms with Gasteiger partial charge in [-0.15, -0.1) is 11.3 Å². The molecule has 1 fully saturated rings. The summed E-state index contributed by atoms with van der Waals surface area (Å²) in [5, 5.41) is 3.58. The average Bonchev–Trinajstić information content (AvgIpc) is 2.82. The van der Waals surface area contributed by atoms with Gasteiger partial charge in [-0.1, -0.05) is 18.0 Å². The molecular formula is C14H23ClN2S. The second kappa shape index (κ2) is 7.49. The summed E-state index contributed by atoms with van der Waals surface area (Å²) in [5.74, 6) is 0. The summed E-state index contributed by atoms with van der Waals surface area (Å²) in [6.07, 6.45) is 5.43. The third-order valence-electron chi connectivity index (χ3n) is 3.57. The molecule has 0 amide bonds. The van der Waals surface area contributed by atoms with Crippen LogP contribution in [-0.4, -0.2) is 31.1 Å². The van der Waals surface area contributed by atoms with E-state index >= 15 is 0 Å². The van der Waals surface area contributed by atoms with E-state index in [4.69, 9.17) is 11.6 Å². The summed E-state index contributed by atoms with van der Waals surface area (Å²) in [4.78, 5) is 3.93. The molecule has 1 aliphatic rings. The van der Waals surface area contributed by atoms with Crippen LogP contribution in [0.5, 0.6) is 0 Å². The Bertz CT molecular complexity index is 347. The molecule has 0 bridgehead atoms. The first-order chi connectivity index (χ1) is 8.75. The topological polar surface area (TPSA) is 15.3 Å². The Morgan fingerprint density at radius 2 is 2.11 bits per heavy atom. The molecule has 0 aromatic carbocycles. The number of rotatable bonds is 6. The first-order valence-corrected chi connectivity index (χ1v) is 8.16. The third-order valence-corrected chi connectivity index (χ3v) is 4.98. The highest BCUT2D eigenvalue weighted by atomic mass is 35.5. The van der Waals surface area contributed by atoms with Crippen molar-refractivity contribution in [1.82, 2.24) is 10.2 Å². The zero-order valence-electron chi connectivity index (χ0n) is 11.1. The lowest BCUT2D eigenvalue weighted by atomic mass is 10.1. The van der Waals surface area contributed by atoms with Gasteiger partial charge in [-0.2, -0.15) is 0 Å². The van der Waals surface area contributed by atoms with E-state index in [0.717, 1.165) is 10.9 Å². The summed E-state index contributed by atoms with van der Waals surface area (Å²) in [6.45, 7) is 7.15. The lowest BCUT2D eigenvalue weighted by molar-refractivity contribution is 0.225. The normalized spacial score (nSPS) is 19.0. The van der Waals surface area contributed by atoms with Crippen molar-refractivity contribution >= 4 is 22.9 Å². The summed E-state index contributed by atoms with van der Waals surface area (Å²) < 4.78 is 0.881. The van der Waals surface area contributed by atoms with Crippen LogP contribution in [-0.2, 0) is 0 Å². The Hall–Kier alpha value is -0.0900.